The zero-order valence-corrected chi connectivity index (χ0v) is 23.2. The first-order chi connectivity index (χ1) is 14.3. The molecular formula is C15H27Na2O15P. The molecule has 2 saturated heterocycles. The van der Waals surface area contributed by atoms with Crippen LogP contribution in [-0.4, -0.2) is 127 Å². The normalized spacial score (nSPS) is 41.1. The molecule has 184 valence electrons. The predicted octanol–water partition coefficient (Wildman–Crippen LogP) is -12.7. The van der Waals surface area contributed by atoms with Gasteiger partial charge in [-0.25, -0.2) is 0 Å². The van der Waals surface area contributed by atoms with Gasteiger partial charge in [0, 0.05) is 0 Å². The van der Waals surface area contributed by atoms with Crippen LogP contribution in [0.5, 0.6) is 0 Å². The average Bonchev–Trinajstić information content (AvgIpc) is 2.96. The van der Waals surface area contributed by atoms with Crippen molar-refractivity contribution in [1.82, 2.24) is 0 Å². The fourth-order valence-electron chi connectivity index (χ4n) is 3.21. The van der Waals surface area contributed by atoms with Crippen molar-refractivity contribution in [2.75, 3.05) is 19.8 Å². The van der Waals surface area contributed by atoms with Gasteiger partial charge in [-0.1, -0.05) is 0 Å². The summed E-state index contributed by atoms with van der Waals surface area (Å²) in [6.45, 7) is -1.47. The van der Waals surface area contributed by atoms with Crippen LogP contribution in [0.4, 0.5) is 0 Å². The Labute approximate surface area is 233 Å². The smallest absolute Gasteiger partial charge is 0.809 e. The molecule has 0 radical (unpaired) electrons. The summed E-state index contributed by atoms with van der Waals surface area (Å²) in [5.74, 6) is -4.81. The first-order valence-corrected chi connectivity index (χ1v) is 10.8. The van der Waals surface area contributed by atoms with Gasteiger partial charge < -0.3 is 74.2 Å². The summed E-state index contributed by atoms with van der Waals surface area (Å²) in [5.41, 5.74) is 0. The van der Waals surface area contributed by atoms with Gasteiger partial charge in [0.05, 0.1) is 19.3 Å². The van der Waals surface area contributed by atoms with E-state index in [2.05, 4.69) is 0 Å². The predicted molar refractivity (Wildman–Crippen MR) is 90.6 cm³/mol. The third-order valence-corrected chi connectivity index (χ3v) is 6.23. The molecule has 0 aromatic heterocycles. The third-order valence-electron chi connectivity index (χ3n) is 5.16. The Hall–Kier alpha value is 1.67. The van der Waals surface area contributed by atoms with E-state index in [1.807, 2.05) is 0 Å². The molecule has 11 atom stereocenters. The van der Waals surface area contributed by atoms with E-state index >= 15 is 0 Å². The van der Waals surface area contributed by atoms with Gasteiger partial charge in [0.2, 0.25) is 5.79 Å². The van der Waals surface area contributed by atoms with E-state index in [1.54, 1.807) is 0 Å². The van der Waals surface area contributed by atoms with Crippen LogP contribution in [0.25, 0.3) is 0 Å². The van der Waals surface area contributed by atoms with E-state index in [1.165, 1.54) is 0 Å². The fourth-order valence-corrected chi connectivity index (χ4v) is 3.81. The Morgan fingerprint density at radius 1 is 1.00 bits per heavy atom. The summed E-state index contributed by atoms with van der Waals surface area (Å²) < 4.78 is 31.6. The van der Waals surface area contributed by atoms with Crippen molar-refractivity contribution in [3.05, 3.63) is 0 Å². The van der Waals surface area contributed by atoms with Crippen molar-refractivity contribution in [3.63, 3.8) is 0 Å². The fraction of sp³-hybridized carbons (Fsp3) is 1.00. The quantitative estimate of drug-likeness (QED) is 0.103. The monoisotopic (exact) mass is 524 g/mol. The SMILES string of the molecule is CC(OC[C@H]1O[C@@](CO)(O[C@H]2O[C@H](CO)[C@@H](O)[C@H](O)[C@H]2O)[C@@H](O)[C@@H]1O)C(O)P(=O)([O-])[O-].[Na+].[Na+]. The molecule has 2 fully saturated rings. The van der Waals surface area contributed by atoms with E-state index in [-0.39, 0.29) is 59.1 Å². The number of hydrogen-bond donors (Lipinski definition) is 8. The van der Waals surface area contributed by atoms with Crippen molar-refractivity contribution in [2.24, 2.45) is 0 Å². The van der Waals surface area contributed by atoms with Gasteiger partial charge >= 0.3 is 59.1 Å². The van der Waals surface area contributed by atoms with Crippen LogP contribution < -0.4 is 68.9 Å². The molecule has 0 spiro atoms. The molecule has 0 bridgehead atoms. The molecule has 2 heterocycles. The second-order valence-corrected chi connectivity index (χ2v) is 8.98. The van der Waals surface area contributed by atoms with Crippen LogP contribution >= 0.6 is 7.60 Å². The molecule has 8 N–H and O–H groups in total. The van der Waals surface area contributed by atoms with Crippen molar-refractivity contribution in [2.45, 2.75) is 73.7 Å². The summed E-state index contributed by atoms with van der Waals surface area (Å²) in [5, 5.41) is 78.6. The van der Waals surface area contributed by atoms with Crippen LogP contribution in [0.15, 0.2) is 0 Å². The van der Waals surface area contributed by atoms with E-state index in [0.29, 0.717) is 0 Å². The Morgan fingerprint density at radius 2 is 1.58 bits per heavy atom. The minimum Gasteiger partial charge on any atom is -0.809 e. The average molecular weight is 524 g/mol. The topological polar surface area (TPSA) is 262 Å². The summed E-state index contributed by atoms with van der Waals surface area (Å²) in [6, 6.07) is 0. The molecule has 2 unspecified atom stereocenters. The third kappa shape index (κ3) is 7.83. The number of aliphatic hydroxyl groups excluding tert-OH is 8. The molecular weight excluding hydrogens is 497 g/mol. The number of rotatable bonds is 9. The van der Waals surface area contributed by atoms with Crippen molar-refractivity contribution in [1.29, 1.82) is 0 Å². The second kappa shape index (κ2) is 14.0. The molecule has 0 amide bonds. The minimum absolute atomic E-state index is 0. The molecule has 18 heteroatoms. The van der Waals surface area contributed by atoms with Crippen molar-refractivity contribution in [3.8, 4) is 0 Å². The Bertz CT molecular complexity index is 640. The molecule has 2 aliphatic rings. The van der Waals surface area contributed by atoms with Crippen LogP contribution in [0, 0.1) is 0 Å². The summed E-state index contributed by atoms with van der Waals surface area (Å²) in [4.78, 5) is 21.7. The van der Waals surface area contributed by atoms with Gasteiger partial charge in [0.1, 0.15) is 55.2 Å². The van der Waals surface area contributed by atoms with Gasteiger partial charge in [0.25, 0.3) is 0 Å². The summed E-state index contributed by atoms with van der Waals surface area (Å²) in [6.07, 6.45) is -15.3. The first-order valence-electron chi connectivity index (χ1n) is 9.23. The van der Waals surface area contributed by atoms with E-state index in [0.717, 1.165) is 6.92 Å². The maximum Gasteiger partial charge on any atom is 1.00 e. The molecule has 0 aliphatic carbocycles. The Morgan fingerprint density at radius 3 is 2.06 bits per heavy atom. The number of ether oxygens (including phenoxy) is 4. The molecule has 0 saturated carbocycles. The Kier molecular flexibility index (Phi) is 14.7. The second-order valence-electron chi connectivity index (χ2n) is 7.37. The molecule has 33 heavy (non-hydrogen) atoms. The van der Waals surface area contributed by atoms with Crippen molar-refractivity contribution < 1.29 is 133 Å². The van der Waals surface area contributed by atoms with Crippen LogP contribution in [0.1, 0.15) is 6.92 Å². The molecule has 15 nitrogen and oxygen atoms in total. The minimum atomic E-state index is -5.38. The van der Waals surface area contributed by atoms with Gasteiger partial charge in [-0.3, -0.25) is 0 Å². The Balaban J connectivity index is 0.00000512. The van der Waals surface area contributed by atoms with Gasteiger partial charge in [-0.05, 0) is 14.5 Å². The zero-order valence-electron chi connectivity index (χ0n) is 18.3. The maximum atomic E-state index is 10.9. The maximum absolute atomic E-state index is 10.9. The summed E-state index contributed by atoms with van der Waals surface area (Å²) >= 11 is 0. The van der Waals surface area contributed by atoms with Crippen molar-refractivity contribution >= 4 is 7.60 Å². The van der Waals surface area contributed by atoms with Crippen LogP contribution in [0.2, 0.25) is 0 Å². The molecule has 0 aromatic rings. The molecule has 0 aromatic carbocycles. The standard InChI is InChI=1S/C15H29O15P.2Na/c1-5(13(23)31(24,25)26)27-3-7-9(19)12(22)15(4-17,29-7)30-14-11(21)10(20)8(18)6(2-16)28-14;;/h5-14,16-23H,2-4H2,1H3,(H2,24,25,26);;/q;2*+1/p-2/t5?,6-,7-,8-,9-,10+,11-,12+,13?,14-,15+;;/m1../s1. The van der Waals surface area contributed by atoms with Gasteiger partial charge in [-0.15, -0.1) is 0 Å². The molecule has 2 rings (SSSR count). The van der Waals surface area contributed by atoms with Gasteiger partial charge in [0.15, 0.2) is 6.29 Å². The largest absolute Gasteiger partial charge is 1.00 e. The number of aliphatic hydroxyl groups is 8. The van der Waals surface area contributed by atoms with E-state index < -0.39 is 94.2 Å². The van der Waals surface area contributed by atoms with Crippen LogP contribution in [-0.2, 0) is 23.5 Å². The van der Waals surface area contributed by atoms with Gasteiger partial charge in [-0.2, -0.15) is 0 Å². The van der Waals surface area contributed by atoms with Crippen LogP contribution in [0.3, 0.4) is 0 Å². The zero-order chi connectivity index (χ0) is 23.7. The number of hydrogen-bond acceptors (Lipinski definition) is 15. The molecule has 2 aliphatic heterocycles. The van der Waals surface area contributed by atoms with E-state index in [9.17, 15) is 55.2 Å². The summed E-state index contributed by atoms with van der Waals surface area (Å²) in [7, 11) is -5.38. The van der Waals surface area contributed by atoms with E-state index in [4.69, 9.17) is 18.9 Å². The first kappa shape index (κ1) is 34.7.